The molecule has 0 fully saturated rings. The van der Waals surface area contributed by atoms with Crippen molar-refractivity contribution >= 4 is 24.2 Å². The molecule has 0 aromatic heterocycles. The molecule has 0 amide bonds. The summed E-state index contributed by atoms with van der Waals surface area (Å²) in [5.74, 6) is 0.288. The molecular formula is C9H8N2O3S. The number of nitro benzene ring substituents is 1. The molecule has 0 spiro atoms. The molecule has 0 unspecified atom stereocenters. The van der Waals surface area contributed by atoms with Crippen molar-refractivity contribution < 1.29 is 9.66 Å². The number of non-ortho nitro benzene ring substituents is 1. The van der Waals surface area contributed by atoms with Crippen LogP contribution in [0, 0.1) is 15.5 Å². The SMILES string of the molecule is N=C(/C=C\S)Oc1ccc([N+](=O)[O-])cc1. The van der Waals surface area contributed by atoms with Gasteiger partial charge in [-0.25, -0.2) is 0 Å². The van der Waals surface area contributed by atoms with E-state index in [4.69, 9.17) is 10.1 Å². The highest BCUT2D eigenvalue weighted by molar-refractivity contribution is 7.83. The second-order valence-electron chi connectivity index (χ2n) is 2.53. The van der Waals surface area contributed by atoms with Gasteiger partial charge in [-0.15, -0.1) is 0 Å². The Labute approximate surface area is 91.4 Å². The third-order valence-electron chi connectivity index (χ3n) is 1.50. The highest BCUT2D eigenvalue weighted by Crippen LogP contribution is 2.17. The minimum Gasteiger partial charge on any atom is -0.440 e. The molecule has 1 aromatic rings. The van der Waals surface area contributed by atoms with Crippen LogP contribution in [0.15, 0.2) is 35.7 Å². The van der Waals surface area contributed by atoms with Gasteiger partial charge in [-0.05, 0) is 17.5 Å². The summed E-state index contributed by atoms with van der Waals surface area (Å²) in [6.45, 7) is 0. The molecule has 0 aliphatic heterocycles. The lowest BCUT2D eigenvalue weighted by atomic mass is 10.3. The average Bonchev–Trinajstić information content (AvgIpc) is 2.18. The first-order valence-electron chi connectivity index (χ1n) is 3.95. The highest BCUT2D eigenvalue weighted by Gasteiger charge is 2.04. The van der Waals surface area contributed by atoms with Gasteiger partial charge >= 0.3 is 0 Å². The maximum Gasteiger partial charge on any atom is 0.269 e. The average molecular weight is 224 g/mol. The van der Waals surface area contributed by atoms with Crippen LogP contribution in [0.1, 0.15) is 0 Å². The Morgan fingerprint density at radius 1 is 1.47 bits per heavy atom. The van der Waals surface area contributed by atoms with Gasteiger partial charge < -0.3 is 4.74 Å². The summed E-state index contributed by atoms with van der Waals surface area (Å²) in [4.78, 5) is 9.84. The zero-order chi connectivity index (χ0) is 11.3. The van der Waals surface area contributed by atoms with Gasteiger partial charge in [0.15, 0.2) is 0 Å². The molecule has 0 radical (unpaired) electrons. The minimum absolute atomic E-state index is 0.0152. The zero-order valence-electron chi connectivity index (χ0n) is 7.58. The molecular weight excluding hydrogens is 216 g/mol. The van der Waals surface area contributed by atoms with E-state index in [-0.39, 0.29) is 11.6 Å². The summed E-state index contributed by atoms with van der Waals surface area (Å²) in [6.07, 6.45) is 1.35. The maximum absolute atomic E-state index is 10.3. The molecule has 5 nitrogen and oxygen atoms in total. The quantitative estimate of drug-likeness (QED) is 0.272. The first kappa shape index (κ1) is 11.3. The topological polar surface area (TPSA) is 76.2 Å². The molecule has 15 heavy (non-hydrogen) atoms. The van der Waals surface area contributed by atoms with E-state index >= 15 is 0 Å². The Morgan fingerprint density at radius 3 is 2.53 bits per heavy atom. The van der Waals surface area contributed by atoms with Crippen LogP contribution in [-0.2, 0) is 0 Å². The number of benzene rings is 1. The van der Waals surface area contributed by atoms with Gasteiger partial charge in [0.25, 0.3) is 5.69 Å². The summed E-state index contributed by atoms with van der Waals surface area (Å²) >= 11 is 3.78. The Morgan fingerprint density at radius 2 is 2.07 bits per heavy atom. The number of nitro groups is 1. The number of rotatable bonds is 3. The molecule has 0 atom stereocenters. The first-order valence-corrected chi connectivity index (χ1v) is 4.46. The molecule has 78 valence electrons. The number of hydrogen-bond donors (Lipinski definition) is 2. The molecule has 6 heteroatoms. The van der Waals surface area contributed by atoms with Crippen LogP contribution in [-0.4, -0.2) is 10.8 Å². The lowest BCUT2D eigenvalue weighted by Gasteiger charge is -2.01. The number of nitrogens with one attached hydrogen (secondary N) is 1. The molecule has 0 saturated heterocycles. The fourth-order valence-corrected chi connectivity index (χ4v) is 1.000. The zero-order valence-corrected chi connectivity index (χ0v) is 8.48. The summed E-state index contributed by atoms with van der Waals surface area (Å²) in [5, 5.41) is 19.0. The summed E-state index contributed by atoms with van der Waals surface area (Å²) in [7, 11) is 0. The molecule has 0 saturated carbocycles. The minimum atomic E-state index is -0.497. The molecule has 0 aliphatic rings. The predicted molar refractivity (Wildman–Crippen MR) is 59.6 cm³/mol. The van der Waals surface area contributed by atoms with Crippen molar-refractivity contribution in [2.24, 2.45) is 0 Å². The van der Waals surface area contributed by atoms with Crippen molar-refractivity contribution in [1.82, 2.24) is 0 Å². The van der Waals surface area contributed by atoms with E-state index in [9.17, 15) is 10.1 Å². The van der Waals surface area contributed by atoms with Gasteiger partial charge in [-0.1, -0.05) is 0 Å². The van der Waals surface area contributed by atoms with Gasteiger partial charge in [0.1, 0.15) is 5.75 Å². The third kappa shape index (κ3) is 3.43. The van der Waals surface area contributed by atoms with E-state index in [1.54, 1.807) is 0 Å². The first-order chi connectivity index (χ1) is 7.13. The van der Waals surface area contributed by atoms with E-state index in [1.165, 1.54) is 35.7 Å². The van der Waals surface area contributed by atoms with Crippen molar-refractivity contribution in [2.45, 2.75) is 0 Å². The van der Waals surface area contributed by atoms with Gasteiger partial charge in [0.2, 0.25) is 5.90 Å². The Hall–Kier alpha value is -1.82. The Bertz CT molecular complexity index is 400. The highest BCUT2D eigenvalue weighted by atomic mass is 32.1. The number of ether oxygens (including phenoxy) is 1. The fraction of sp³-hybridized carbons (Fsp3) is 0. The Balaban J connectivity index is 2.72. The van der Waals surface area contributed by atoms with Gasteiger partial charge in [0.05, 0.1) is 4.92 Å². The predicted octanol–water partition coefficient (Wildman–Crippen LogP) is 2.39. The van der Waals surface area contributed by atoms with Crippen molar-refractivity contribution in [1.29, 1.82) is 5.41 Å². The van der Waals surface area contributed by atoms with Gasteiger partial charge in [0, 0.05) is 18.2 Å². The standard InChI is InChI=1S/C9H8N2O3S/c10-9(5-6-15)14-8-3-1-7(2-4-8)11(12)13/h1-6,10,15H/b6-5-,10-9?. The fourth-order valence-electron chi connectivity index (χ4n) is 0.865. The molecule has 1 aromatic carbocycles. The number of thiol groups is 1. The largest absolute Gasteiger partial charge is 0.440 e. The van der Waals surface area contributed by atoms with E-state index in [0.717, 1.165) is 0 Å². The Kier molecular flexibility index (Phi) is 3.87. The molecule has 1 rings (SSSR count). The third-order valence-corrected chi connectivity index (χ3v) is 1.65. The van der Waals surface area contributed by atoms with E-state index in [2.05, 4.69) is 12.6 Å². The van der Waals surface area contributed by atoms with Crippen molar-refractivity contribution in [3.05, 3.63) is 45.9 Å². The van der Waals surface area contributed by atoms with Crippen molar-refractivity contribution in [3.63, 3.8) is 0 Å². The van der Waals surface area contributed by atoms with Crippen LogP contribution < -0.4 is 4.74 Å². The van der Waals surface area contributed by atoms with E-state index in [1.807, 2.05) is 0 Å². The maximum atomic E-state index is 10.3. The monoisotopic (exact) mass is 224 g/mol. The summed E-state index contributed by atoms with van der Waals surface area (Å²) < 4.78 is 5.01. The van der Waals surface area contributed by atoms with Gasteiger partial charge in [-0.3, -0.25) is 15.5 Å². The van der Waals surface area contributed by atoms with Crippen LogP contribution in [0.4, 0.5) is 5.69 Å². The molecule has 0 bridgehead atoms. The van der Waals surface area contributed by atoms with Crippen LogP contribution in [0.5, 0.6) is 5.75 Å². The molecule has 0 aliphatic carbocycles. The van der Waals surface area contributed by atoms with Crippen LogP contribution in [0.25, 0.3) is 0 Å². The number of hydrogen-bond acceptors (Lipinski definition) is 5. The van der Waals surface area contributed by atoms with Crippen LogP contribution in [0.2, 0.25) is 0 Å². The lowest BCUT2D eigenvalue weighted by Crippen LogP contribution is -2.02. The second-order valence-corrected chi connectivity index (χ2v) is 2.83. The van der Waals surface area contributed by atoms with Gasteiger partial charge in [-0.2, -0.15) is 12.6 Å². The van der Waals surface area contributed by atoms with Crippen molar-refractivity contribution in [3.8, 4) is 5.75 Å². The van der Waals surface area contributed by atoms with E-state index in [0.29, 0.717) is 5.75 Å². The lowest BCUT2D eigenvalue weighted by molar-refractivity contribution is -0.384. The van der Waals surface area contributed by atoms with Crippen molar-refractivity contribution in [2.75, 3.05) is 0 Å². The summed E-state index contributed by atoms with van der Waals surface area (Å²) in [6, 6.07) is 5.48. The molecule has 1 N–H and O–H groups in total. The van der Waals surface area contributed by atoms with Crippen LogP contribution >= 0.6 is 12.6 Å². The number of nitrogens with zero attached hydrogens (tertiary/aromatic N) is 1. The van der Waals surface area contributed by atoms with Crippen LogP contribution in [0.3, 0.4) is 0 Å². The second kappa shape index (κ2) is 5.16. The normalized spacial score (nSPS) is 10.2. The smallest absolute Gasteiger partial charge is 0.269 e. The summed E-state index contributed by atoms with van der Waals surface area (Å²) in [5.41, 5.74) is -0.0152. The molecule has 0 heterocycles. The van der Waals surface area contributed by atoms with E-state index < -0.39 is 4.92 Å².